The van der Waals surface area contributed by atoms with Gasteiger partial charge in [-0.25, -0.2) is 0 Å². The summed E-state index contributed by atoms with van der Waals surface area (Å²) in [5, 5.41) is 10.2. The summed E-state index contributed by atoms with van der Waals surface area (Å²) in [5.41, 5.74) is 0. The summed E-state index contributed by atoms with van der Waals surface area (Å²) < 4.78 is 12.0. The van der Waals surface area contributed by atoms with Crippen LogP contribution in [0.5, 0.6) is 0 Å². The molecule has 0 spiro atoms. The molecule has 0 unspecified atom stereocenters. The lowest BCUT2D eigenvalue weighted by Gasteiger charge is -2.22. The van der Waals surface area contributed by atoms with Crippen LogP contribution in [0.1, 0.15) is 12.8 Å². The third-order valence-electron chi connectivity index (χ3n) is 1.23. The Bertz CT molecular complexity index is 66.1. The molecule has 1 rings (SSSR count). The molecule has 0 aromatic heterocycles. The van der Waals surface area contributed by atoms with Crippen LogP contribution in [0.3, 0.4) is 0 Å². The first kappa shape index (κ1) is 5.00. The molecule has 0 N–H and O–H groups in total. The van der Waals surface area contributed by atoms with Crippen molar-refractivity contribution in [2.75, 3.05) is 13.1 Å². The highest BCUT2D eigenvalue weighted by molar-refractivity contribution is 4.47. The lowest BCUT2D eigenvalue weighted by atomic mass is 10.4. The molecule has 0 aromatic rings. The van der Waals surface area contributed by atoms with Gasteiger partial charge in [0.1, 0.15) is 13.1 Å². The highest BCUT2D eigenvalue weighted by Crippen LogP contribution is 2.16. The van der Waals surface area contributed by atoms with Crippen LogP contribution in [0.4, 0.5) is 4.48 Å². The van der Waals surface area contributed by atoms with Crippen molar-refractivity contribution in [2.45, 2.75) is 12.8 Å². The van der Waals surface area contributed by atoms with Crippen LogP contribution in [0.15, 0.2) is 0 Å². The molecule has 0 radical (unpaired) electrons. The summed E-state index contributed by atoms with van der Waals surface area (Å²) >= 11 is 0. The van der Waals surface area contributed by atoms with Gasteiger partial charge in [-0.2, -0.15) is 4.87 Å². The predicted molar refractivity (Wildman–Crippen MR) is 23.7 cm³/mol. The smallest absolute Gasteiger partial charge is 0.115 e. The van der Waals surface area contributed by atoms with Gasteiger partial charge in [0.05, 0.1) is 0 Å². The molecule has 3 heteroatoms. The molecule has 2 nitrogen and oxygen atoms in total. The minimum absolute atomic E-state index is 0.167. The number of quaternary nitrogens is 1. The number of hydrogen-bond acceptors (Lipinski definition) is 1. The zero-order valence-corrected chi connectivity index (χ0v) is 4.06. The van der Waals surface area contributed by atoms with Crippen molar-refractivity contribution in [1.82, 2.24) is 0 Å². The van der Waals surface area contributed by atoms with Gasteiger partial charge in [-0.3, -0.25) is 0 Å². The summed E-state index contributed by atoms with van der Waals surface area (Å²) in [6.45, 7) is 0.333. The zero-order valence-electron chi connectivity index (χ0n) is 4.06. The van der Waals surface area contributed by atoms with E-state index in [1.807, 2.05) is 0 Å². The van der Waals surface area contributed by atoms with Gasteiger partial charge in [0.25, 0.3) is 0 Å². The van der Waals surface area contributed by atoms with Crippen molar-refractivity contribution in [2.24, 2.45) is 0 Å². The molecule has 1 aliphatic rings. The average molecular weight is 105 g/mol. The van der Waals surface area contributed by atoms with Crippen LogP contribution in [0, 0.1) is 5.21 Å². The third kappa shape index (κ3) is 1.11. The lowest BCUT2D eigenvalue weighted by Crippen LogP contribution is -2.27. The summed E-state index contributed by atoms with van der Waals surface area (Å²) in [6, 6.07) is 0. The van der Waals surface area contributed by atoms with Crippen molar-refractivity contribution in [3.63, 3.8) is 0 Å². The van der Waals surface area contributed by atoms with Gasteiger partial charge in [0.2, 0.25) is 0 Å². The number of hydrogen-bond donors (Lipinski definition) is 0. The van der Waals surface area contributed by atoms with E-state index in [0.29, 0.717) is 0 Å². The predicted octanol–water partition coefficient (Wildman–Crippen LogP) is 0.979. The molecule has 0 aromatic carbocycles. The van der Waals surface area contributed by atoms with Gasteiger partial charge in [0, 0.05) is 12.8 Å². The number of rotatable bonds is 0. The van der Waals surface area contributed by atoms with Gasteiger partial charge in [0.15, 0.2) is 0 Å². The fraction of sp³-hybridized carbons (Fsp3) is 1.00. The van der Waals surface area contributed by atoms with Crippen LogP contribution in [0.2, 0.25) is 0 Å². The Morgan fingerprint density at radius 2 is 1.71 bits per heavy atom. The first-order valence-corrected chi connectivity index (χ1v) is 2.48. The molecular weight excluding hydrogens is 97.0 g/mol. The molecule has 1 aliphatic heterocycles. The van der Waals surface area contributed by atoms with Gasteiger partial charge in [-0.05, 0) is 4.48 Å². The summed E-state index contributed by atoms with van der Waals surface area (Å²) in [4.78, 5) is -1.50. The maximum absolute atomic E-state index is 12.0. The molecule has 1 saturated heterocycles. The second-order valence-corrected chi connectivity index (χ2v) is 1.94. The summed E-state index contributed by atoms with van der Waals surface area (Å²) in [5.74, 6) is 0. The molecule has 1 heterocycles. The van der Waals surface area contributed by atoms with Crippen molar-refractivity contribution in [3.8, 4) is 0 Å². The van der Waals surface area contributed by atoms with Crippen LogP contribution in [0.25, 0.3) is 0 Å². The fourth-order valence-electron chi connectivity index (χ4n) is 0.808. The Hall–Kier alpha value is -0.150. The van der Waals surface area contributed by atoms with Gasteiger partial charge in [-0.1, -0.05) is 0 Å². The highest BCUT2D eigenvalue weighted by atomic mass is 19.2. The second-order valence-electron chi connectivity index (χ2n) is 1.94. The normalized spacial score (nSPS) is 28.3. The first-order chi connectivity index (χ1) is 3.21. The third-order valence-corrected chi connectivity index (χ3v) is 1.23. The Balaban J connectivity index is 2.40. The topological polar surface area (TPSA) is 23.1 Å². The van der Waals surface area contributed by atoms with E-state index in [2.05, 4.69) is 0 Å². The van der Waals surface area contributed by atoms with Crippen molar-refractivity contribution < 1.29 is 9.35 Å². The Kier molecular flexibility index (Phi) is 1.01. The minimum atomic E-state index is -1.50. The number of nitrogens with zero attached hydrogens (tertiary/aromatic N) is 1. The maximum Gasteiger partial charge on any atom is 0.115 e. The molecule has 42 valence electrons. The maximum atomic E-state index is 12.0. The van der Waals surface area contributed by atoms with Gasteiger partial charge >= 0.3 is 0 Å². The largest absolute Gasteiger partial charge is 0.593 e. The van der Waals surface area contributed by atoms with E-state index in [4.69, 9.17) is 0 Å². The second kappa shape index (κ2) is 1.42. The number of hydroxylamine groups is 2. The molecule has 0 amide bonds. The van der Waals surface area contributed by atoms with Crippen LogP contribution >= 0.6 is 0 Å². The SMILES string of the molecule is [O-][N+]1(F)CCCC1. The van der Waals surface area contributed by atoms with E-state index in [1.165, 1.54) is 0 Å². The molecular formula is C4H8FNO. The molecule has 1 fully saturated rings. The quantitative estimate of drug-likeness (QED) is 0.332. The molecule has 0 aliphatic carbocycles. The standard InChI is InChI=1S/C4H8FNO/c5-6(7)3-1-2-4-6/h1-4H2. The highest BCUT2D eigenvalue weighted by Gasteiger charge is 2.22. The van der Waals surface area contributed by atoms with E-state index < -0.39 is 4.87 Å². The van der Waals surface area contributed by atoms with Crippen molar-refractivity contribution >= 4 is 0 Å². The fourth-order valence-corrected chi connectivity index (χ4v) is 0.808. The molecule has 0 atom stereocenters. The van der Waals surface area contributed by atoms with E-state index in [0.717, 1.165) is 12.8 Å². The monoisotopic (exact) mass is 105 g/mol. The minimum Gasteiger partial charge on any atom is -0.593 e. The Morgan fingerprint density at radius 3 is 1.86 bits per heavy atom. The van der Waals surface area contributed by atoms with Crippen LogP contribution in [-0.4, -0.2) is 18.0 Å². The molecule has 0 saturated carbocycles. The molecule has 7 heavy (non-hydrogen) atoms. The van der Waals surface area contributed by atoms with E-state index in [1.54, 1.807) is 0 Å². The van der Waals surface area contributed by atoms with Crippen molar-refractivity contribution in [1.29, 1.82) is 0 Å². The van der Waals surface area contributed by atoms with Crippen molar-refractivity contribution in [3.05, 3.63) is 5.21 Å². The summed E-state index contributed by atoms with van der Waals surface area (Å²) in [6.07, 6.45) is 1.50. The van der Waals surface area contributed by atoms with E-state index >= 15 is 0 Å². The van der Waals surface area contributed by atoms with E-state index in [9.17, 15) is 9.69 Å². The lowest BCUT2D eigenvalue weighted by molar-refractivity contribution is -1.01. The number of halogens is 1. The van der Waals surface area contributed by atoms with Crippen LogP contribution in [-0.2, 0) is 0 Å². The zero-order chi connectivity index (χ0) is 5.33. The molecule has 0 bridgehead atoms. The first-order valence-electron chi connectivity index (χ1n) is 2.48. The average Bonchev–Trinajstić information content (AvgIpc) is 1.84. The Morgan fingerprint density at radius 1 is 1.29 bits per heavy atom. The van der Waals surface area contributed by atoms with Gasteiger partial charge in [-0.15, -0.1) is 0 Å². The Labute approximate surface area is 41.6 Å². The van der Waals surface area contributed by atoms with E-state index in [-0.39, 0.29) is 13.1 Å². The van der Waals surface area contributed by atoms with Gasteiger partial charge < -0.3 is 5.21 Å². The summed E-state index contributed by atoms with van der Waals surface area (Å²) in [7, 11) is 0. The van der Waals surface area contributed by atoms with Crippen LogP contribution < -0.4 is 0 Å².